The molecule has 0 radical (unpaired) electrons. The highest BCUT2D eigenvalue weighted by molar-refractivity contribution is 5.20. The Bertz CT molecular complexity index is 305. The average Bonchev–Trinajstić information content (AvgIpc) is 2.53. The Kier molecular flexibility index (Phi) is 3.10. The zero-order valence-electron chi connectivity index (χ0n) is 9.92. The number of likely N-dealkylation sites (tertiary alicyclic amines) is 1. The van der Waals surface area contributed by atoms with Gasteiger partial charge in [-0.05, 0) is 45.7 Å². The van der Waals surface area contributed by atoms with E-state index in [9.17, 15) is 0 Å². The Labute approximate surface area is 91.4 Å². The van der Waals surface area contributed by atoms with E-state index in [1.54, 1.807) is 0 Å². The smallest absolute Gasteiger partial charge is 0.138 e. The highest BCUT2D eigenvalue weighted by Gasteiger charge is 2.18. The lowest BCUT2D eigenvalue weighted by molar-refractivity contribution is 0.184. The van der Waals surface area contributed by atoms with Gasteiger partial charge in [0.05, 0.1) is 5.69 Å². The summed E-state index contributed by atoms with van der Waals surface area (Å²) >= 11 is 0. The summed E-state index contributed by atoms with van der Waals surface area (Å²) in [7, 11) is 0. The lowest BCUT2D eigenvalue weighted by atomic mass is 9.99. The summed E-state index contributed by atoms with van der Waals surface area (Å²) in [5.74, 6) is 1.87. The van der Waals surface area contributed by atoms with Gasteiger partial charge < -0.3 is 4.52 Å². The third-order valence-corrected chi connectivity index (χ3v) is 3.44. The second kappa shape index (κ2) is 4.35. The minimum absolute atomic E-state index is 0.894. The van der Waals surface area contributed by atoms with Gasteiger partial charge in [0.15, 0.2) is 0 Å². The molecular formula is C12H20N2O. The molecule has 0 bridgehead atoms. The van der Waals surface area contributed by atoms with Crippen LogP contribution in [-0.4, -0.2) is 23.1 Å². The summed E-state index contributed by atoms with van der Waals surface area (Å²) in [6.07, 6.45) is 2.65. The van der Waals surface area contributed by atoms with E-state index < -0.39 is 0 Å². The van der Waals surface area contributed by atoms with Crippen molar-refractivity contribution in [1.82, 2.24) is 10.1 Å². The Balaban J connectivity index is 1.97. The lowest BCUT2D eigenvalue weighted by Gasteiger charge is -2.29. The van der Waals surface area contributed by atoms with E-state index in [-0.39, 0.29) is 0 Å². The summed E-state index contributed by atoms with van der Waals surface area (Å²) in [5.41, 5.74) is 2.33. The number of rotatable bonds is 2. The Morgan fingerprint density at radius 1 is 1.33 bits per heavy atom. The van der Waals surface area contributed by atoms with E-state index >= 15 is 0 Å². The molecule has 3 nitrogen and oxygen atoms in total. The van der Waals surface area contributed by atoms with E-state index in [1.165, 1.54) is 31.5 Å². The van der Waals surface area contributed by atoms with Crippen molar-refractivity contribution in [3.8, 4) is 0 Å². The molecule has 2 rings (SSSR count). The van der Waals surface area contributed by atoms with Crippen LogP contribution in [0.1, 0.15) is 36.8 Å². The fourth-order valence-corrected chi connectivity index (χ4v) is 2.17. The van der Waals surface area contributed by atoms with Crippen LogP contribution in [0.2, 0.25) is 0 Å². The number of aryl methyl sites for hydroxylation is 2. The van der Waals surface area contributed by atoms with Crippen LogP contribution in [0, 0.1) is 19.8 Å². The molecular weight excluding hydrogens is 188 g/mol. The summed E-state index contributed by atoms with van der Waals surface area (Å²) in [6.45, 7) is 9.80. The Morgan fingerprint density at radius 2 is 2.00 bits per heavy atom. The van der Waals surface area contributed by atoms with Crippen LogP contribution in [0.4, 0.5) is 0 Å². The molecule has 0 aromatic carbocycles. The fourth-order valence-electron chi connectivity index (χ4n) is 2.17. The molecule has 1 saturated heterocycles. The van der Waals surface area contributed by atoms with Crippen molar-refractivity contribution >= 4 is 0 Å². The zero-order valence-corrected chi connectivity index (χ0v) is 9.92. The van der Waals surface area contributed by atoms with Crippen molar-refractivity contribution in [3.05, 3.63) is 17.0 Å². The molecule has 1 aliphatic rings. The van der Waals surface area contributed by atoms with Crippen LogP contribution >= 0.6 is 0 Å². The SMILES string of the molecule is Cc1noc(C)c1CN1CCC(C)CC1. The molecule has 0 amide bonds. The molecule has 0 atom stereocenters. The maximum Gasteiger partial charge on any atom is 0.138 e. The summed E-state index contributed by atoms with van der Waals surface area (Å²) in [6, 6.07) is 0. The monoisotopic (exact) mass is 208 g/mol. The van der Waals surface area contributed by atoms with Gasteiger partial charge in [-0.25, -0.2) is 0 Å². The quantitative estimate of drug-likeness (QED) is 0.748. The third kappa shape index (κ3) is 2.40. The normalized spacial score (nSPS) is 19.7. The molecule has 15 heavy (non-hydrogen) atoms. The maximum atomic E-state index is 5.18. The van der Waals surface area contributed by atoms with Crippen LogP contribution in [0.15, 0.2) is 4.52 Å². The van der Waals surface area contributed by atoms with Gasteiger partial charge in [0.1, 0.15) is 5.76 Å². The molecule has 0 unspecified atom stereocenters. The van der Waals surface area contributed by atoms with E-state index in [4.69, 9.17) is 4.52 Å². The molecule has 0 aliphatic carbocycles. The highest BCUT2D eigenvalue weighted by atomic mass is 16.5. The molecule has 0 N–H and O–H groups in total. The first-order valence-electron chi connectivity index (χ1n) is 5.81. The van der Waals surface area contributed by atoms with Crippen LogP contribution in [0.5, 0.6) is 0 Å². The van der Waals surface area contributed by atoms with Crippen LogP contribution < -0.4 is 0 Å². The van der Waals surface area contributed by atoms with Crippen molar-refractivity contribution < 1.29 is 4.52 Å². The van der Waals surface area contributed by atoms with Gasteiger partial charge >= 0.3 is 0 Å². The van der Waals surface area contributed by atoms with E-state index in [1.807, 2.05) is 13.8 Å². The van der Waals surface area contributed by atoms with Crippen molar-refractivity contribution in [3.63, 3.8) is 0 Å². The van der Waals surface area contributed by atoms with E-state index in [0.29, 0.717) is 0 Å². The Hall–Kier alpha value is -0.830. The lowest BCUT2D eigenvalue weighted by Crippen LogP contribution is -2.32. The van der Waals surface area contributed by atoms with Crippen molar-refractivity contribution in [2.24, 2.45) is 5.92 Å². The van der Waals surface area contributed by atoms with Gasteiger partial charge in [0.2, 0.25) is 0 Å². The molecule has 1 aromatic heterocycles. The Morgan fingerprint density at radius 3 is 2.53 bits per heavy atom. The van der Waals surface area contributed by atoms with Crippen molar-refractivity contribution in [1.29, 1.82) is 0 Å². The minimum atomic E-state index is 0.894. The summed E-state index contributed by atoms with van der Waals surface area (Å²) in [4.78, 5) is 2.51. The summed E-state index contributed by atoms with van der Waals surface area (Å²) < 4.78 is 5.18. The molecule has 1 fully saturated rings. The van der Waals surface area contributed by atoms with Crippen LogP contribution in [0.25, 0.3) is 0 Å². The van der Waals surface area contributed by atoms with Gasteiger partial charge in [0, 0.05) is 12.1 Å². The van der Waals surface area contributed by atoms with E-state index in [0.717, 1.165) is 23.9 Å². The van der Waals surface area contributed by atoms with Crippen molar-refractivity contribution in [2.45, 2.75) is 40.2 Å². The number of nitrogens with zero attached hydrogens (tertiary/aromatic N) is 2. The standard InChI is InChI=1S/C12H20N2O/c1-9-4-6-14(7-5-9)8-12-10(2)13-15-11(12)3/h9H,4-8H2,1-3H3. The third-order valence-electron chi connectivity index (χ3n) is 3.44. The van der Waals surface area contributed by atoms with Crippen LogP contribution in [-0.2, 0) is 6.54 Å². The maximum absolute atomic E-state index is 5.18. The van der Waals surface area contributed by atoms with E-state index in [2.05, 4.69) is 17.0 Å². The topological polar surface area (TPSA) is 29.3 Å². The zero-order chi connectivity index (χ0) is 10.8. The number of hydrogen-bond donors (Lipinski definition) is 0. The molecule has 1 aliphatic heterocycles. The van der Waals surface area contributed by atoms with Gasteiger partial charge in [-0.3, -0.25) is 4.90 Å². The van der Waals surface area contributed by atoms with Gasteiger partial charge in [0.25, 0.3) is 0 Å². The molecule has 0 saturated carbocycles. The molecule has 1 aromatic rings. The average molecular weight is 208 g/mol. The largest absolute Gasteiger partial charge is 0.361 e. The van der Waals surface area contributed by atoms with Gasteiger partial charge in [-0.15, -0.1) is 0 Å². The van der Waals surface area contributed by atoms with Crippen molar-refractivity contribution in [2.75, 3.05) is 13.1 Å². The molecule has 84 valence electrons. The molecule has 0 spiro atoms. The second-order valence-corrected chi connectivity index (χ2v) is 4.76. The number of hydrogen-bond acceptors (Lipinski definition) is 3. The van der Waals surface area contributed by atoms with Gasteiger partial charge in [-0.2, -0.15) is 0 Å². The second-order valence-electron chi connectivity index (χ2n) is 4.76. The predicted octanol–water partition coefficient (Wildman–Crippen LogP) is 2.52. The number of piperidine rings is 1. The fraction of sp³-hybridized carbons (Fsp3) is 0.750. The predicted molar refractivity (Wildman–Crippen MR) is 59.7 cm³/mol. The number of aromatic nitrogens is 1. The minimum Gasteiger partial charge on any atom is -0.361 e. The summed E-state index contributed by atoms with van der Waals surface area (Å²) in [5, 5.41) is 3.99. The first-order valence-corrected chi connectivity index (χ1v) is 5.81. The highest BCUT2D eigenvalue weighted by Crippen LogP contribution is 2.20. The first kappa shape index (κ1) is 10.7. The van der Waals surface area contributed by atoms with Gasteiger partial charge in [-0.1, -0.05) is 12.1 Å². The molecule has 3 heteroatoms. The first-order chi connectivity index (χ1) is 7.16. The molecule has 2 heterocycles. The van der Waals surface area contributed by atoms with Crippen LogP contribution in [0.3, 0.4) is 0 Å².